The van der Waals surface area contributed by atoms with Gasteiger partial charge in [0.05, 0.1) is 0 Å². The number of H-pyrrole nitrogens is 1. The molecule has 0 aliphatic heterocycles. The van der Waals surface area contributed by atoms with E-state index >= 15 is 0 Å². The highest BCUT2D eigenvalue weighted by Gasteiger charge is 2.13. The van der Waals surface area contributed by atoms with Gasteiger partial charge in [0.2, 0.25) is 0 Å². The molecular formula is C13H18N2. The molecule has 1 atom stereocenters. The molecule has 2 nitrogen and oxygen atoms in total. The molecule has 0 spiro atoms. The van der Waals surface area contributed by atoms with Gasteiger partial charge in [0.1, 0.15) is 0 Å². The van der Waals surface area contributed by atoms with Gasteiger partial charge in [-0.25, -0.2) is 0 Å². The van der Waals surface area contributed by atoms with E-state index in [0.29, 0.717) is 0 Å². The van der Waals surface area contributed by atoms with Crippen molar-refractivity contribution in [3.05, 3.63) is 34.5 Å². The van der Waals surface area contributed by atoms with E-state index in [4.69, 9.17) is 5.73 Å². The molecule has 3 N–H and O–H groups in total. The molecule has 0 aliphatic rings. The largest absolute Gasteiger partial charge is 0.358 e. The number of aromatic nitrogens is 1. The summed E-state index contributed by atoms with van der Waals surface area (Å²) in [6.45, 7) is 8.41. The van der Waals surface area contributed by atoms with Crippen molar-refractivity contribution in [3.8, 4) is 0 Å². The normalized spacial score (nSPS) is 13.4. The molecule has 2 rings (SSSR count). The maximum Gasteiger partial charge on any atom is 0.0491 e. The molecule has 1 unspecified atom stereocenters. The van der Waals surface area contributed by atoms with E-state index in [1.54, 1.807) is 0 Å². The number of aromatic amines is 1. The topological polar surface area (TPSA) is 41.8 Å². The summed E-state index contributed by atoms with van der Waals surface area (Å²) in [5, 5.41) is 1.27. The first kappa shape index (κ1) is 10.2. The Labute approximate surface area is 90.5 Å². The molecule has 0 bridgehead atoms. The smallest absolute Gasteiger partial charge is 0.0491 e. The molecule has 80 valence electrons. The summed E-state index contributed by atoms with van der Waals surface area (Å²) in [7, 11) is 0. The van der Waals surface area contributed by atoms with Crippen molar-refractivity contribution in [2.24, 2.45) is 5.73 Å². The number of benzene rings is 1. The summed E-state index contributed by atoms with van der Waals surface area (Å²) in [5.41, 5.74) is 12.3. The molecule has 0 saturated carbocycles. The van der Waals surface area contributed by atoms with Gasteiger partial charge in [-0.1, -0.05) is 12.1 Å². The van der Waals surface area contributed by atoms with E-state index < -0.39 is 0 Å². The predicted molar refractivity (Wildman–Crippen MR) is 65.1 cm³/mol. The SMILES string of the molecule is Cc1ccc2c(C(C)N)c(C)[nH]c2c1C. The molecule has 0 amide bonds. The molecule has 1 aromatic carbocycles. The standard InChI is InChI=1S/C13H18N2/c1-7-5-6-11-12(9(3)14)10(4)15-13(11)8(7)2/h5-6,9,15H,14H2,1-4H3. The second-order valence-corrected chi connectivity index (χ2v) is 4.38. The average molecular weight is 202 g/mol. The molecule has 1 heterocycles. The van der Waals surface area contributed by atoms with Crippen LogP contribution in [0.25, 0.3) is 10.9 Å². The van der Waals surface area contributed by atoms with Crippen LogP contribution < -0.4 is 5.73 Å². The van der Waals surface area contributed by atoms with Crippen molar-refractivity contribution in [3.63, 3.8) is 0 Å². The Morgan fingerprint density at radius 1 is 1.20 bits per heavy atom. The van der Waals surface area contributed by atoms with E-state index in [1.807, 2.05) is 6.92 Å². The lowest BCUT2D eigenvalue weighted by atomic mass is 10.0. The molecular weight excluding hydrogens is 184 g/mol. The lowest BCUT2D eigenvalue weighted by molar-refractivity contribution is 0.817. The maximum atomic E-state index is 5.99. The Morgan fingerprint density at radius 3 is 2.47 bits per heavy atom. The molecule has 1 aromatic heterocycles. The summed E-state index contributed by atoms with van der Waals surface area (Å²) < 4.78 is 0. The Balaban J connectivity index is 2.85. The summed E-state index contributed by atoms with van der Waals surface area (Å²) in [4.78, 5) is 3.44. The average Bonchev–Trinajstić information content (AvgIpc) is 2.49. The van der Waals surface area contributed by atoms with Crippen molar-refractivity contribution in [2.75, 3.05) is 0 Å². The van der Waals surface area contributed by atoms with Crippen molar-refractivity contribution < 1.29 is 0 Å². The molecule has 0 aliphatic carbocycles. The fourth-order valence-electron chi connectivity index (χ4n) is 2.24. The van der Waals surface area contributed by atoms with Crippen LogP contribution in [0.1, 0.15) is 35.3 Å². The van der Waals surface area contributed by atoms with Crippen LogP contribution in [0.3, 0.4) is 0 Å². The highest BCUT2D eigenvalue weighted by molar-refractivity contribution is 5.88. The van der Waals surface area contributed by atoms with E-state index in [0.717, 1.165) is 0 Å². The molecule has 2 heteroatoms. The van der Waals surface area contributed by atoms with Crippen molar-refractivity contribution >= 4 is 10.9 Å². The number of rotatable bonds is 1. The Bertz CT molecular complexity index is 507. The van der Waals surface area contributed by atoms with E-state index in [-0.39, 0.29) is 6.04 Å². The van der Waals surface area contributed by atoms with Gasteiger partial charge in [-0.15, -0.1) is 0 Å². The highest BCUT2D eigenvalue weighted by atomic mass is 14.7. The van der Waals surface area contributed by atoms with Gasteiger partial charge in [0.25, 0.3) is 0 Å². The van der Waals surface area contributed by atoms with Crippen LogP contribution >= 0.6 is 0 Å². The fourth-order valence-corrected chi connectivity index (χ4v) is 2.24. The van der Waals surface area contributed by atoms with Crippen LogP contribution in [0.2, 0.25) is 0 Å². The number of hydrogen-bond acceptors (Lipinski definition) is 1. The lowest BCUT2D eigenvalue weighted by Crippen LogP contribution is -2.05. The zero-order valence-corrected chi connectivity index (χ0v) is 9.81. The van der Waals surface area contributed by atoms with Gasteiger partial charge in [-0.2, -0.15) is 0 Å². The van der Waals surface area contributed by atoms with Crippen LogP contribution in [-0.2, 0) is 0 Å². The third-order valence-electron chi connectivity index (χ3n) is 3.20. The predicted octanol–water partition coefficient (Wildman–Crippen LogP) is 3.11. The minimum atomic E-state index is 0.0841. The zero-order valence-electron chi connectivity index (χ0n) is 9.81. The fraction of sp³-hybridized carbons (Fsp3) is 0.385. The molecule has 15 heavy (non-hydrogen) atoms. The summed E-state index contributed by atoms with van der Waals surface area (Å²) >= 11 is 0. The maximum absolute atomic E-state index is 5.99. The molecule has 0 fully saturated rings. The molecule has 0 saturated heterocycles. The first-order valence-corrected chi connectivity index (χ1v) is 5.36. The summed E-state index contributed by atoms with van der Waals surface area (Å²) in [5.74, 6) is 0. The first-order valence-electron chi connectivity index (χ1n) is 5.36. The van der Waals surface area contributed by atoms with Crippen LogP contribution in [0, 0.1) is 20.8 Å². The van der Waals surface area contributed by atoms with Gasteiger partial charge >= 0.3 is 0 Å². The van der Waals surface area contributed by atoms with Gasteiger partial charge < -0.3 is 10.7 Å². The number of hydrogen-bond donors (Lipinski definition) is 2. The van der Waals surface area contributed by atoms with Gasteiger partial charge in [-0.05, 0) is 44.4 Å². The van der Waals surface area contributed by atoms with Crippen LogP contribution in [-0.4, -0.2) is 4.98 Å². The van der Waals surface area contributed by atoms with E-state index in [2.05, 4.69) is 37.9 Å². The van der Waals surface area contributed by atoms with Gasteiger partial charge in [-0.3, -0.25) is 0 Å². The monoisotopic (exact) mass is 202 g/mol. The summed E-state index contributed by atoms with van der Waals surface area (Å²) in [6.07, 6.45) is 0. The number of fused-ring (bicyclic) bond motifs is 1. The zero-order chi connectivity index (χ0) is 11.2. The quantitative estimate of drug-likeness (QED) is 0.733. The lowest BCUT2D eigenvalue weighted by Gasteiger charge is -2.06. The van der Waals surface area contributed by atoms with Crippen LogP contribution in [0.5, 0.6) is 0 Å². The van der Waals surface area contributed by atoms with Crippen LogP contribution in [0.4, 0.5) is 0 Å². The minimum Gasteiger partial charge on any atom is -0.358 e. The second kappa shape index (κ2) is 3.38. The Kier molecular flexibility index (Phi) is 2.31. The van der Waals surface area contributed by atoms with Gasteiger partial charge in [0, 0.05) is 22.6 Å². The van der Waals surface area contributed by atoms with Crippen LogP contribution in [0.15, 0.2) is 12.1 Å². The second-order valence-electron chi connectivity index (χ2n) is 4.38. The summed E-state index contributed by atoms with van der Waals surface area (Å²) in [6, 6.07) is 4.41. The molecule has 2 aromatic rings. The van der Waals surface area contributed by atoms with E-state index in [9.17, 15) is 0 Å². The first-order chi connectivity index (χ1) is 7.02. The third kappa shape index (κ3) is 1.45. The van der Waals surface area contributed by atoms with E-state index in [1.165, 1.54) is 33.3 Å². The highest BCUT2D eigenvalue weighted by Crippen LogP contribution is 2.29. The molecule has 0 radical (unpaired) electrons. The minimum absolute atomic E-state index is 0.0841. The Morgan fingerprint density at radius 2 is 1.87 bits per heavy atom. The number of nitrogens with two attached hydrogens (primary N) is 1. The van der Waals surface area contributed by atoms with Crippen molar-refractivity contribution in [2.45, 2.75) is 33.7 Å². The third-order valence-corrected chi connectivity index (χ3v) is 3.20. The van der Waals surface area contributed by atoms with Crippen molar-refractivity contribution in [1.29, 1.82) is 0 Å². The van der Waals surface area contributed by atoms with Crippen molar-refractivity contribution in [1.82, 2.24) is 4.98 Å². The Hall–Kier alpha value is -1.28. The number of nitrogens with one attached hydrogen (secondary N) is 1. The number of aryl methyl sites for hydroxylation is 3. The van der Waals surface area contributed by atoms with Gasteiger partial charge in [0.15, 0.2) is 0 Å².